The molecule has 7 rings (SSSR count). The van der Waals surface area contributed by atoms with Crippen LogP contribution in [0.3, 0.4) is 0 Å². The molecule has 390 valence electrons. The number of carbonyl (C=O) groups excluding carboxylic acids is 3. The van der Waals surface area contributed by atoms with E-state index in [9.17, 15) is 23.9 Å². The van der Waals surface area contributed by atoms with Crippen molar-refractivity contribution < 1.29 is 23.9 Å². The van der Waals surface area contributed by atoms with E-state index >= 15 is 0 Å². The number of thiazole rings is 1. The van der Waals surface area contributed by atoms with Crippen LogP contribution in [0.2, 0.25) is 0 Å². The lowest BCUT2D eigenvalue weighted by atomic mass is 9.85. The summed E-state index contributed by atoms with van der Waals surface area (Å²) < 4.78 is 16.0. The molecule has 14 heteroatoms. The highest BCUT2D eigenvalue weighted by Gasteiger charge is 2.44. The number of fused-ring (bicyclic) bond motifs is 1. The smallest absolute Gasteiger partial charge is 0.246 e. The SMILES string of the molecule is Cc1cc(CNCCCCCCCCCCCCCC(=O)N[C@H](C(=O)N2C[C@H](O)C[C@H]2C(=O)N[C@@H](C)c2ccc(-c3scnc3C)cc2)C(C)(C)C)cc(C)c1-c1ncn(C)c1-c1ccnc2cc(F)ccc12. The number of benzene rings is 3. The lowest BCUT2D eigenvalue weighted by Crippen LogP contribution is -2.57. The second-order valence-corrected chi connectivity index (χ2v) is 22.2. The van der Waals surface area contributed by atoms with Gasteiger partial charge in [0.2, 0.25) is 17.7 Å². The van der Waals surface area contributed by atoms with Crippen LogP contribution >= 0.6 is 11.3 Å². The molecule has 4 atom stereocenters. The van der Waals surface area contributed by atoms with Crippen molar-refractivity contribution in [2.75, 3.05) is 13.1 Å². The van der Waals surface area contributed by atoms with Gasteiger partial charge in [0.1, 0.15) is 17.9 Å². The summed E-state index contributed by atoms with van der Waals surface area (Å²) in [6, 6.07) is 17.3. The number of hydrogen-bond donors (Lipinski definition) is 4. The largest absolute Gasteiger partial charge is 0.391 e. The fourth-order valence-electron chi connectivity index (χ4n) is 10.4. The Hall–Kier alpha value is -5.83. The van der Waals surface area contributed by atoms with Crippen LogP contribution in [-0.2, 0) is 28.0 Å². The quantitative estimate of drug-likeness (QED) is 0.0437. The third-order valence-corrected chi connectivity index (χ3v) is 15.4. The van der Waals surface area contributed by atoms with Gasteiger partial charge in [0.05, 0.1) is 51.5 Å². The molecule has 1 aliphatic rings. The maximum Gasteiger partial charge on any atom is 0.246 e. The van der Waals surface area contributed by atoms with Crippen molar-refractivity contribution in [3.8, 4) is 33.0 Å². The molecule has 1 saturated heterocycles. The summed E-state index contributed by atoms with van der Waals surface area (Å²) >= 11 is 1.59. The van der Waals surface area contributed by atoms with E-state index in [1.54, 1.807) is 23.6 Å². The molecule has 4 N–H and O–H groups in total. The second kappa shape index (κ2) is 25.4. The minimum absolute atomic E-state index is 0.0435. The van der Waals surface area contributed by atoms with Crippen molar-refractivity contribution in [3.05, 3.63) is 112 Å². The number of halogens is 1. The number of β-amino-alcohol motifs (C(OH)–C–C–N with tert-alkyl or cyclic N) is 1. The highest BCUT2D eigenvalue weighted by Crippen LogP contribution is 2.38. The maximum atomic E-state index is 14.1. The van der Waals surface area contributed by atoms with E-state index in [0.717, 1.165) is 94.8 Å². The zero-order valence-electron chi connectivity index (χ0n) is 44.3. The van der Waals surface area contributed by atoms with Crippen LogP contribution in [0, 0.1) is 32.0 Å². The van der Waals surface area contributed by atoms with Gasteiger partial charge in [-0.05, 0) is 98.5 Å². The monoisotopic (exact) mass is 1010 g/mol. The highest BCUT2D eigenvalue weighted by molar-refractivity contribution is 7.13. The van der Waals surface area contributed by atoms with Gasteiger partial charge in [-0.15, -0.1) is 11.3 Å². The first-order valence-electron chi connectivity index (χ1n) is 26.5. The number of pyridine rings is 1. The standard InChI is InChI=1S/C59H77FN8O4S/c1-38-30-42(31-39(2)52(38)53-54(67(8)36-63-53)48-27-29-62-49-32-45(60)25-26-47(48)49)34-61-28-19-17-15-13-11-9-10-12-14-16-18-20-51(70)66-56(59(5,6)7)58(72)68-35-46(69)33-50(68)57(71)65-40(3)43-21-23-44(24-22-43)55-41(4)64-37-73-55/h21-27,29-32,36-37,40,46,50,56,61,69H,9-20,28,33-35H2,1-8H3,(H,65,71)(H,66,70)/t40-,46+,50-,56+/m0/s1. The molecular formula is C59H77FN8O4S. The van der Waals surface area contributed by atoms with Crippen molar-refractivity contribution in [1.29, 1.82) is 0 Å². The van der Waals surface area contributed by atoms with Gasteiger partial charge in [-0.3, -0.25) is 19.4 Å². The highest BCUT2D eigenvalue weighted by atomic mass is 32.1. The number of aliphatic hydroxyl groups is 1. The molecule has 0 spiro atoms. The Balaban J connectivity index is 0.745. The summed E-state index contributed by atoms with van der Waals surface area (Å²) in [4.78, 5) is 57.2. The molecule has 1 aliphatic heterocycles. The Morgan fingerprint density at radius 2 is 1.49 bits per heavy atom. The molecule has 6 aromatic rings. The number of unbranched alkanes of at least 4 members (excludes halogenated alkanes) is 10. The Morgan fingerprint density at radius 3 is 2.14 bits per heavy atom. The second-order valence-electron chi connectivity index (χ2n) is 21.4. The summed E-state index contributed by atoms with van der Waals surface area (Å²) in [5.41, 5.74) is 12.5. The molecule has 3 amide bonds. The molecule has 3 aromatic heterocycles. The number of carbonyl (C=O) groups is 3. The van der Waals surface area contributed by atoms with Crippen LogP contribution in [0.4, 0.5) is 4.39 Å². The third-order valence-electron chi connectivity index (χ3n) is 14.4. The minimum Gasteiger partial charge on any atom is -0.391 e. The van der Waals surface area contributed by atoms with Crippen LogP contribution in [-0.4, -0.2) is 78.5 Å². The first kappa shape index (κ1) is 54.9. The van der Waals surface area contributed by atoms with Gasteiger partial charge in [-0.2, -0.15) is 0 Å². The summed E-state index contributed by atoms with van der Waals surface area (Å²) in [6.07, 6.45) is 15.7. The number of amides is 3. The molecule has 1 fully saturated rings. The first-order valence-corrected chi connectivity index (χ1v) is 27.3. The molecule has 12 nitrogen and oxygen atoms in total. The van der Waals surface area contributed by atoms with Crippen molar-refractivity contribution >= 4 is 40.0 Å². The number of nitrogens with one attached hydrogen (secondary N) is 3. The number of nitrogens with zero attached hydrogens (tertiary/aromatic N) is 5. The van der Waals surface area contributed by atoms with Crippen LogP contribution < -0.4 is 16.0 Å². The predicted molar refractivity (Wildman–Crippen MR) is 292 cm³/mol. The van der Waals surface area contributed by atoms with Crippen molar-refractivity contribution in [3.63, 3.8) is 0 Å². The van der Waals surface area contributed by atoms with Crippen LogP contribution in [0.15, 0.2) is 78.7 Å². The Morgan fingerprint density at radius 1 is 0.836 bits per heavy atom. The molecule has 4 heterocycles. The lowest BCUT2D eigenvalue weighted by molar-refractivity contribution is -0.144. The summed E-state index contributed by atoms with van der Waals surface area (Å²) in [5, 5.41) is 21.3. The molecule has 0 bridgehead atoms. The van der Waals surface area contributed by atoms with Gasteiger partial charge >= 0.3 is 0 Å². The number of hydrogen-bond acceptors (Lipinski definition) is 9. The molecule has 3 aromatic carbocycles. The zero-order valence-corrected chi connectivity index (χ0v) is 45.1. The van der Waals surface area contributed by atoms with Crippen LogP contribution in [0.25, 0.3) is 43.9 Å². The van der Waals surface area contributed by atoms with Gasteiger partial charge in [0.15, 0.2) is 0 Å². The molecule has 0 saturated carbocycles. The van der Waals surface area contributed by atoms with E-state index in [1.165, 1.54) is 72.2 Å². The van der Waals surface area contributed by atoms with Gasteiger partial charge in [0, 0.05) is 61.8 Å². The van der Waals surface area contributed by atoms with Gasteiger partial charge < -0.3 is 30.5 Å². The van der Waals surface area contributed by atoms with E-state index in [0.29, 0.717) is 11.9 Å². The van der Waals surface area contributed by atoms with Gasteiger partial charge in [-0.25, -0.2) is 14.4 Å². The van der Waals surface area contributed by atoms with Crippen molar-refractivity contribution in [2.24, 2.45) is 12.5 Å². The summed E-state index contributed by atoms with van der Waals surface area (Å²) in [5.74, 6) is -1.13. The first-order chi connectivity index (χ1) is 35.0. The fraction of sp³-hybridized carbons (Fsp3) is 0.492. The number of aromatic nitrogens is 4. The molecule has 0 radical (unpaired) electrons. The third kappa shape index (κ3) is 14.3. The van der Waals surface area contributed by atoms with E-state index in [2.05, 4.69) is 51.9 Å². The average molecular weight is 1010 g/mol. The number of aryl methyl sites for hydroxylation is 4. The average Bonchev–Trinajstić information content (AvgIpc) is 4.08. The molecule has 73 heavy (non-hydrogen) atoms. The molecular weight excluding hydrogens is 936 g/mol. The fourth-order valence-corrected chi connectivity index (χ4v) is 11.2. The predicted octanol–water partition coefficient (Wildman–Crippen LogP) is 11.6. The van der Waals surface area contributed by atoms with Crippen molar-refractivity contribution in [1.82, 2.24) is 40.4 Å². The van der Waals surface area contributed by atoms with Crippen LogP contribution in [0.1, 0.15) is 145 Å². The Bertz CT molecular complexity index is 2790. The van der Waals surface area contributed by atoms with Gasteiger partial charge in [-0.1, -0.05) is 115 Å². The summed E-state index contributed by atoms with van der Waals surface area (Å²) in [6.45, 7) is 15.8. The van der Waals surface area contributed by atoms with Crippen molar-refractivity contribution in [2.45, 2.75) is 163 Å². The molecule has 0 unspecified atom stereocenters. The molecule has 0 aliphatic carbocycles. The zero-order chi connectivity index (χ0) is 52.2. The topological polar surface area (TPSA) is 154 Å². The number of rotatable bonds is 24. The maximum absolute atomic E-state index is 14.1. The van der Waals surface area contributed by atoms with Gasteiger partial charge in [0.25, 0.3) is 0 Å². The van der Waals surface area contributed by atoms with E-state index < -0.39 is 23.6 Å². The Labute approximate surface area is 436 Å². The lowest BCUT2D eigenvalue weighted by Gasteiger charge is -2.35. The van der Waals surface area contributed by atoms with Crippen LogP contribution in [0.5, 0.6) is 0 Å². The summed E-state index contributed by atoms with van der Waals surface area (Å²) in [7, 11) is 2.00. The minimum atomic E-state index is -0.836. The Kier molecular flexibility index (Phi) is 19.1. The number of imidazole rings is 1. The number of aliphatic hydroxyl groups excluding tert-OH is 1. The number of likely N-dealkylation sites (tertiary alicyclic amines) is 1. The van der Waals surface area contributed by atoms with E-state index in [-0.39, 0.29) is 42.5 Å². The normalized spacial score (nSPS) is 15.7. The van der Waals surface area contributed by atoms with E-state index in [1.807, 2.05) is 88.4 Å². The van der Waals surface area contributed by atoms with E-state index in [4.69, 9.17) is 4.98 Å².